The molecule has 0 saturated carbocycles. The van der Waals surface area contributed by atoms with Crippen LogP contribution in [0.25, 0.3) is 0 Å². The summed E-state index contributed by atoms with van der Waals surface area (Å²) in [4.78, 5) is 24.5. The molecule has 0 radical (unpaired) electrons. The first kappa shape index (κ1) is 19.8. The summed E-state index contributed by atoms with van der Waals surface area (Å²) in [7, 11) is 2.96. The van der Waals surface area contributed by atoms with Crippen molar-refractivity contribution in [3.63, 3.8) is 0 Å². The fourth-order valence-corrected chi connectivity index (χ4v) is 2.43. The van der Waals surface area contributed by atoms with Crippen molar-refractivity contribution in [1.29, 1.82) is 0 Å². The van der Waals surface area contributed by atoms with Gasteiger partial charge in [-0.15, -0.1) is 0 Å². The van der Waals surface area contributed by atoms with Gasteiger partial charge in [0.15, 0.2) is 5.76 Å². The summed E-state index contributed by atoms with van der Waals surface area (Å²) in [6, 6.07) is 17.1. The second kappa shape index (κ2) is 9.32. The van der Waals surface area contributed by atoms with Crippen LogP contribution in [-0.2, 0) is 6.61 Å². The van der Waals surface area contributed by atoms with Gasteiger partial charge in [-0.2, -0.15) is 0 Å². The summed E-state index contributed by atoms with van der Waals surface area (Å²) in [6.45, 7) is 0.174. The van der Waals surface area contributed by atoms with E-state index in [1.807, 2.05) is 30.3 Å². The molecule has 2 amide bonds. The average Bonchev–Trinajstić information content (AvgIpc) is 3.25. The molecule has 1 aromatic heterocycles. The van der Waals surface area contributed by atoms with Crippen LogP contribution >= 0.6 is 0 Å². The molecule has 3 rings (SSSR count). The van der Waals surface area contributed by atoms with Crippen molar-refractivity contribution in [2.45, 2.75) is 6.61 Å². The van der Waals surface area contributed by atoms with Crippen LogP contribution in [0.15, 0.2) is 65.1 Å². The molecule has 0 bridgehead atoms. The Morgan fingerprint density at radius 2 is 1.48 bits per heavy atom. The van der Waals surface area contributed by atoms with Crippen LogP contribution in [-0.4, -0.2) is 26.0 Å². The Balaban J connectivity index is 1.55. The molecular formula is C21H20N2O6. The van der Waals surface area contributed by atoms with Crippen LogP contribution in [0.3, 0.4) is 0 Å². The Kier molecular flexibility index (Phi) is 6.36. The Hall–Kier alpha value is -3.94. The fourth-order valence-electron chi connectivity index (χ4n) is 2.43. The SMILES string of the molecule is COc1cc(OC)cc(C(=O)NNC(=O)c2ccc(COc3ccccc3)o2)c1. The molecule has 2 aromatic carbocycles. The molecule has 3 aromatic rings. The maximum absolute atomic E-state index is 12.3. The van der Waals surface area contributed by atoms with E-state index in [-0.39, 0.29) is 17.9 Å². The predicted octanol–water partition coefficient (Wildman–Crippen LogP) is 2.95. The third-order valence-corrected chi connectivity index (χ3v) is 3.91. The van der Waals surface area contributed by atoms with E-state index in [4.69, 9.17) is 18.6 Å². The quantitative estimate of drug-likeness (QED) is 0.596. The van der Waals surface area contributed by atoms with Crippen LogP contribution in [0.1, 0.15) is 26.7 Å². The van der Waals surface area contributed by atoms with E-state index < -0.39 is 11.8 Å². The second-order valence-electron chi connectivity index (χ2n) is 5.88. The van der Waals surface area contributed by atoms with Gasteiger partial charge in [0, 0.05) is 11.6 Å². The molecule has 29 heavy (non-hydrogen) atoms. The third-order valence-electron chi connectivity index (χ3n) is 3.91. The zero-order valence-electron chi connectivity index (χ0n) is 15.9. The minimum atomic E-state index is -0.598. The van der Waals surface area contributed by atoms with Gasteiger partial charge in [-0.1, -0.05) is 18.2 Å². The zero-order chi connectivity index (χ0) is 20.6. The molecule has 0 aliphatic rings. The van der Waals surface area contributed by atoms with Gasteiger partial charge in [-0.25, -0.2) is 0 Å². The Morgan fingerprint density at radius 1 is 0.828 bits per heavy atom. The molecule has 0 aliphatic carbocycles. The summed E-state index contributed by atoms with van der Waals surface area (Å²) >= 11 is 0. The van der Waals surface area contributed by atoms with E-state index in [2.05, 4.69) is 10.9 Å². The number of para-hydroxylation sites is 1. The molecule has 0 unspecified atom stereocenters. The Morgan fingerprint density at radius 3 is 2.14 bits per heavy atom. The minimum Gasteiger partial charge on any atom is -0.497 e. The van der Waals surface area contributed by atoms with Crippen molar-refractivity contribution in [3.05, 3.63) is 77.7 Å². The van der Waals surface area contributed by atoms with Gasteiger partial charge in [0.2, 0.25) is 0 Å². The van der Waals surface area contributed by atoms with Gasteiger partial charge >= 0.3 is 5.91 Å². The lowest BCUT2D eigenvalue weighted by molar-refractivity contribution is 0.0828. The molecule has 0 aliphatic heterocycles. The van der Waals surface area contributed by atoms with Gasteiger partial charge in [0.05, 0.1) is 14.2 Å². The van der Waals surface area contributed by atoms with Gasteiger partial charge in [0.1, 0.15) is 29.6 Å². The molecule has 2 N–H and O–H groups in total. The molecular weight excluding hydrogens is 376 g/mol. The van der Waals surface area contributed by atoms with E-state index in [0.717, 1.165) is 0 Å². The monoisotopic (exact) mass is 396 g/mol. The van der Waals surface area contributed by atoms with Crippen LogP contribution in [0, 0.1) is 0 Å². The molecule has 0 atom stereocenters. The lowest BCUT2D eigenvalue weighted by Gasteiger charge is -2.09. The minimum absolute atomic E-state index is 0.0418. The zero-order valence-corrected chi connectivity index (χ0v) is 15.9. The number of benzene rings is 2. The summed E-state index contributed by atoms with van der Waals surface area (Å²) in [5.41, 5.74) is 4.89. The van der Waals surface area contributed by atoms with Crippen molar-refractivity contribution in [2.75, 3.05) is 14.2 Å². The number of amides is 2. The normalized spacial score (nSPS) is 10.1. The number of hydrogen-bond acceptors (Lipinski definition) is 6. The van der Waals surface area contributed by atoms with Gasteiger partial charge in [-0.3, -0.25) is 20.4 Å². The number of hydrogen-bond donors (Lipinski definition) is 2. The van der Waals surface area contributed by atoms with E-state index >= 15 is 0 Å². The molecule has 150 valence electrons. The summed E-state index contributed by atoms with van der Waals surface area (Å²) in [5, 5.41) is 0. The maximum atomic E-state index is 12.3. The van der Waals surface area contributed by atoms with Gasteiger partial charge in [-0.05, 0) is 36.4 Å². The highest BCUT2D eigenvalue weighted by Crippen LogP contribution is 2.22. The number of hydrazine groups is 1. The molecule has 0 fully saturated rings. The first-order valence-electron chi connectivity index (χ1n) is 8.69. The molecule has 0 spiro atoms. The summed E-state index contributed by atoms with van der Waals surface area (Å²) in [6.07, 6.45) is 0. The fraction of sp³-hybridized carbons (Fsp3) is 0.143. The first-order chi connectivity index (χ1) is 14.1. The largest absolute Gasteiger partial charge is 0.497 e. The van der Waals surface area contributed by atoms with Crippen LogP contribution < -0.4 is 25.1 Å². The van der Waals surface area contributed by atoms with E-state index in [1.54, 1.807) is 12.1 Å². The highest BCUT2D eigenvalue weighted by atomic mass is 16.5. The summed E-state index contributed by atoms with van der Waals surface area (Å²) < 4.78 is 21.3. The van der Waals surface area contributed by atoms with Crippen molar-refractivity contribution in [2.24, 2.45) is 0 Å². The number of furan rings is 1. The Labute approximate surface area is 167 Å². The number of carbonyl (C=O) groups excluding carboxylic acids is 2. The second-order valence-corrected chi connectivity index (χ2v) is 5.88. The van der Waals surface area contributed by atoms with E-state index in [9.17, 15) is 9.59 Å². The smallest absolute Gasteiger partial charge is 0.305 e. The highest BCUT2D eigenvalue weighted by Gasteiger charge is 2.14. The number of rotatable bonds is 7. The number of methoxy groups -OCH3 is 2. The van der Waals surface area contributed by atoms with Gasteiger partial charge < -0.3 is 18.6 Å². The van der Waals surface area contributed by atoms with Crippen LogP contribution in [0.4, 0.5) is 0 Å². The highest BCUT2D eigenvalue weighted by molar-refractivity contribution is 5.98. The van der Waals surface area contributed by atoms with Crippen molar-refractivity contribution >= 4 is 11.8 Å². The van der Waals surface area contributed by atoms with Crippen molar-refractivity contribution in [3.8, 4) is 17.2 Å². The van der Waals surface area contributed by atoms with Crippen LogP contribution in [0.2, 0.25) is 0 Å². The third kappa shape index (κ3) is 5.29. The molecule has 0 saturated heterocycles. The van der Waals surface area contributed by atoms with E-state index in [1.165, 1.54) is 32.4 Å². The maximum Gasteiger partial charge on any atom is 0.305 e. The van der Waals surface area contributed by atoms with Crippen LogP contribution in [0.5, 0.6) is 17.2 Å². The predicted molar refractivity (Wildman–Crippen MR) is 104 cm³/mol. The van der Waals surface area contributed by atoms with Crippen molar-refractivity contribution < 1.29 is 28.2 Å². The number of carbonyl (C=O) groups is 2. The molecule has 8 heteroatoms. The topological polar surface area (TPSA) is 99.0 Å². The summed E-state index contributed by atoms with van der Waals surface area (Å²) in [5.74, 6) is 0.984. The average molecular weight is 396 g/mol. The number of ether oxygens (including phenoxy) is 3. The van der Waals surface area contributed by atoms with Crippen molar-refractivity contribution in [1.82, 2.24) is 10.9 Å². The van der Waals surface area contributed by atoms with E-state index in [0.29, 0.717) is 23.0 Å². The standard InChI is InChI=1S/C21H20N2O6/c1-26-17-10-14(11-18(12-17)27-2)20(24)22-23-21(25)19-9-8-16(29-19)13-28-15-6-4-3-5-7-15/h3-12H,13H2,1-2H3,(H,22,24)(H,23,25). The lowest BCUT2D eigenvalue weighted by atomic mass is 10.2. The van der Waals surface area contributed by atoms with Gasteiger partial charge in [0.25, 0.3) is 5.91 Å². The molecule has 1 heterocycles. The lowest BCUT2D eigenvalue weighted by Crippen LogP contribution is -2.41. The number of nitrogens with one attached hydrogen (secondary N) is 2. The first-order valence-corrected chi connectivity index (χ1v) is 8.69. The Bertz CT molecular complexity index is 962. The molecule has 8 nitrogen and oxygen atoms in total.